The molecule has 2 heterocycles. The molecular weight excluding hydrogens is 437 g/mol. The minimum atomic E-state index is -0.452. The molecule has 0 fully saturated rings. The Morgan fingerprint density at radius 2 is 1.88 bits per heavy atom. The van der Waals surface area contributed by atoms with Crippen molar-refractivity contribution in [3.05, 3.63) is 69.0 Å². The lowest BCUT2D eigenvalue weighted by atomic mass is 10.0. The fourth-order valence-corrected chi connectivity index (χ4v) is 4.27. The molecule has 0 amide bonds. The van der Waals surface area contributed by atoms with Crippen LogP contribution in [-0.2, 0) is 0 Å². The second-order valence-corrected chi connectivity index (χ2v) is 8.22. The molecule has 2 aromatic heterocycles. The third-order valence-corrected chi connectivity index (χ3v) is 5.81. The van der Waals surface area contributed by atoms with Gasteiger partial charge >= 0.3 is 0 Å². The fourth-order valence-electron chi connectivity index (χ4n) is 2.81. The van der Waals surface area contributed by atoms with Gasteiger partial charge in [-0.15, -0.1) is 11.3 Å². The van der Waals surface area contributed by atoms with E-state index in [1.165, 1.54) is 12.4 Å². The lowest BCUT2D eigenvalue weighted by molar-refractivity contribution is 0.628. The third kappa shape index (κ3) is 3.20. The van der Waals surface area contributed by atoms with Crippen LogP contribution in [0, 0.1) is 12.7 Å². The first-order chi connectivity index (χ1) is 12.5. The van der Waals surface area contributed by atoms with Crippen LogP contribution in [0.3, 0.4) is 0 Å². The Bertz CT molecular complexity index is 1110. The van der Waals surface area contributed by atoms with E-state index in [9.17, 15) is 4.39 Å². The molecule has 0 saturated carbocycles. The molecule has 4 aromatic rings. The van der Waals surface area contributed by atoms with Crippen LogP contribution in [-0.4, -0.2) is 9.97 Å². The molecular formula is C19H12BrClFN3S. The summed E-state index contributed by atoms with van der Waals surface area (Å²) in [6.45, 7) is 2.07. The zero-order chi connectivity index (χ0) is 18.3. The van der Waals surface area contributed by atoms with Crippen molar-refractivity contribution in [3.8, 4) is 11.1 Å². The number of thiophene rings is 1. The highest BCUT2D eigenvalue weighted by molar-refractivity contribution is 9.10. The van der Waals surface area contributed by atoms with Gasteiger partial charge < -0.3 is 5.32 Å². The van der Waals surface area contributed by atoms with Crippen molar-refractivity contribution < 1.29 is 4.39 Å². The van der Waals surface area contributed by atoms with Gasteiger partial charge in [-0.3, -0.25) is 0 Å². The number of benzene rings is 2. The lowest BCUT2D eigenvalue weighted by Gasteiger charge is -2.10. The van der Waals surface area contributed by atoms with Crippen LogP contribution < -0.4 is 5.32 Å². The van der Waals surface area contributed by atoms with Crippen LogP contribution in [0.4, 0.5) is 15.9 Å². The van der Waals surface area contributed by atoms with Crippen LogP contribution in [0.1, 0.15) is 4.88 Å². The first kappa shape index (κ1) is 17.4. The molecule has 0 radical (unpaired) electrons. The summed E-state index contributed by atoms with van der Waals surface area (Å²) in [4.78, 5) is 10.9. The van der Waals surface area contributed by atoms with Crippen molar-refractivity contribution in [3.63, 3.8) is 0 Å². The normalized spacial score (nSPS) is 11.1. The topological polar surface area (TPSA) is 37.8 Å². The zero-order valence-electron chi connectivity index (χ0n) is 13.6. The molecule has 0 aliphatic heterocycles. The average molecular weight is 449 g/mol. The number of halogens is 3. The fraction of sp³-hybridized carbons (Fsp3) is 0.0526. The van der Waals surface area contributed by atoms with Crippen molar-refractivity contribution in [1.82, 2.24) is 9.97 Å². The van der Waals surface area contributed by atoms with Crippen molar-refractivity contribution in [1.29, 1.82) is 0 Å². The molecule has 0 saturated heterocycles. The molecule has 0 aliphatic rings. The molecule has 7 heteroatoms. The molecule has 1 N–H and O–H groups in total. The van der Waals surface area contributed by atoms with Gasteiger partial charge in [0.25, 0.3) is 0 Å². The molecule has 130 valence electrons. The maximum Gasteiger partial charge on any atom is 0.143 e. The van der Waals surface area contributed by atoms with Gasteiger partial charge in [0.1, 0.15) is 22.8 Å². The predicted octanol–water partition coefficient (Wildman–Crippen LogP) is 6.97. The molecule has 0 aliphatic carbocycles. The van der Waals surface area contributed by atoms with Gasteiger partial charge in [-0.1, -0.05) is 39.7 Å². The summed E-state index contributed by atoms with van der Waals surface area (Å²) in [7, 11) is 0. The minimum absolute atomic E-state index is 0.0648. The first-order valence-electron chi connectivity index (χ1n) is 7.75. The second-order valence-electron chi connectivity index (χ2n) is 5.70. The van der Waals surface area contributed by atoms with Crippen LogP contribution in [0.2, 0.25) is 5.02 Å². The van der Waals surface area contributed by atoms with Gasteiger partial charge in [0.05, 0.1) is 10.4 Å². The summed E-state index contributed by atoms with van der Waals surface area (Å²) in [6, 6.07) is 12.6. The minimum Gasteiger partial charge on any atom is -0.340 e. The van der Waals surface area contributed by atoms with Crippen LogP contribution in [0.15, 0.2) is 53.3 Å². The number of nitrogens with one attached hydrogen (secondary N) is 1. The van der Waals surface area contributed by atoms with Gasteiger partial charge in [-0.25, -0.2) is 14.4 Å². The predicted molar refractivity (Wildman–Crippen MR) is 110 cm³/mol. The average Bonchev–Trinajstić information content (AvgIpc) is 2.96. The lowest BCUT2D eigenvalue weighted by Crippen LogP contribution is -1.96. The Labute approximate surface area is 167 Å². The summed E-state index contributed by atoms with van der Waals surface area (Å²) in [5.74, 6) is 0.215. The number of hydrogen-bond donors (Lipinski definition) is 1. The summed E-state index contributed by atoms with van der Waals surface area (Å²) >= 11 is 11.0. The quantitative estimate of drug-likeness (QED) is 0.368. The van der Waals surface area contributed by atoms with Crippen LogP contribution >= 0.6 is 38.9 Å². The SMILES string of the molecule is Cc1sc2ncnc(Nc3ccc(F)c(Cl)c3)c2c1-c1ccc(Br)cc1. The van der Waals surface area contributed by atoms with Gasteiger partial charge in [-0.2, -0.15) is 0 Å². The molecule has 3 nitrogen and oxygen atoms in total. The van der Waals surface area contributed by atoms with E-state index in [1.54, 1.807) is 23.5 Å². The van der Waals surface area contributed by atoms with Crippen molar-refractivity contribution >= 4 is 60.6 Å². The Hall–Kier alpha value is -2.02. The van der Waals surface area contributed by atoms with E-state index in [0.717, 1.165) is 30.7 Å². The molecule has 26 heavy (non-hydrogen) atoms. The van der Waals surface area contributed by atoms with Gasteiger partial charge in [0, 0.05) is 20.6 Å². The maximum atomic E-state index is 13.4. The number of rotatable bonds is 3. The molecule has 0 bridgehead atoms. The van der Waals surface area contributed by atoms with E-state index in [4.69, 9.17) is 11.6 Å². The zero-order valence-corrected chi connectivity index (χ0v) is 16.7. The Kier molecular flexibility index (Phi) is 4.65. The van der Waals surface area contributed by atoms with E-state index >= 15 is 0 Å². The highest BCUT2D eigenvalue weighted by atomic mass is 79.9. The van der Waals surface area contributed by atoms with Gasteiger partial charge in [0.2, 0.25) is 0 Å². The van der Waals surface area contributed by atoms with Crippen molar-refractivity contribution in [2.45, 2.75) is 6.92 Å². The van der Waals surface area contributed by atoms with Crippen LogP contribution in [0.5, 0.6) is 0 Å². The highest BCUT2D eigenvalue weighted by Gasteiger charge is 2.17. The van der Waals surface area contributed by atoms with E-state index < -0.39 is 5.82 Å². The maximum absolute atomic E-state index is 13.4. The van der Waals surface area contributed by atoms with E-state index in [1.807, 2.05) is 12.1 Å². The van der Waals surface area contributed by atoms with Crippen molar-refractivity contribution in [2.75, 3.05) is 5.32 Å². The monoisotopic (exact) mass is 447 g/mol. The summed E-state index contributed by atoms with van der Waals surface area (Å²) in [5, 5.41) is 4.25. The number of nitrogens with zero attached hydrogens (tertiary/aromatic N) is 2. The molecule has 2 aromatic carbocycles. The summed E-state index contributed by atoms with van der Waals surface area (Å²) in [5.41, 5.74) is 2.85. The standard InChI is InChI=1S/C19H12BrClFN3S/c1-10-16(11-2-4-12(20)5-3-11)17-18(23-9-24-19(17)26-10)25-13-6-7-15(22)14(21)8-13/h2-9H,1H3,(H,23,24,25). The Morgan fingerprint density at radius 3 is 2.62 bits per heavy atom. The van der Waals surface area contributed by atoms with E-state index in [-0.39, 0.29) is 5.02 Å². The Balaban J connectivity index is 1.87. The third-order valence-electron chi connectivity index (χ3n) is 3.98. The number of aromatic nitrogens is 2. The van der Waals surface area contributed by atoms with E-state index in [2.05, 4.69) is 50.3 Å². The Morgan fingerprint density at radius 1 is 1.12 bits per heavy atom. The van der Waals surface area contributed by atoms with Crippen LogP contribution in [0.25, 0.3) is 21.3 Å². The molecule has 0 unspecified atom stereocenters. The second kappa shape index (κ2) is 6.95. The molecule has 4 rings (SSSR count). The smallest absolute Gasteiger partial charge is 0.143 e. The van der Waals surface area contributed by atoms with Crippen molar-refractivity contribution in [2.24, 2.45) is 0 Å². The molecule has 0 atom stereocenters. The summed E-state index contributed by atoms with van der Waals surface area (Å²) in [6.07, 6.45) is 1.52. The number of anilines is 2. The molecule has 0 spiro atoms. The number of aryl methyl sites for hydroxylation is 1. The summed E-state index contributed by atoms with van der Waals surface area (Å²) < 4.78 is 14.4. The number of hydrogen-bond acceptors (Lipinski definition) is 4. The highest BCUT2D eigenvalue weighted by Crippen LogP contribution is 2.41. The largest absolute Gasteiger partial charge is 0.340 e. The van der Waals surface area contributed by atoms with E-state index in [0.29, 0.717) is 11.5 Å². The van der Waals surface area contributed by atoms with Gasteiger partial charge in [0.15, 0.2) is 0 Å². The first-order valence-corrected chi connectivity index (χ1v) is 9.74. The van der Waals surface area contributed by atoms with Gasteiger partial charge in [-0.05, 0) is 42.8 Å². The number of fused-ring (bicyclic) bond motifs is 1.